The highest BCUT2D eigenvalue weighted by Gasteiger charge is 2.10. The third-order valence-corrected chi connectivity index (χ3v) is 6.70. The number of thiophene rings is 1. The fraction of sp³-hybridized carbons (Fsp3) is 0.0500. The molecule has 0 aliphatic carbocycles. The van der Waals surface area contributed by atoms with E-state index in [4.69, 9.17) is 4.74 Å². The standard InChI is InChI=1S/C20H14N2O3S3/c23-18(12-27-20-22-15-4-1-2-5-16(15)28-20)25-14-9-7-13(8-10-14)21-19(24)17-6-3-11-26-17/h1-11H,12H2,(H,21,24). The van der Waals surface area contributed by atoms with Crippen LogP contribution in [0.1, 0.15) is 9.67 Å². The van der Waals surface area contributed by atoms with Gasteiger partial charge in [-0.15, -0.1) is 22.7 Å². The van der Waals surface area contributed by atoms with E-state index in [2.05, 4.69) is 10.3 Å². The lowest BCUT2D eigenvalue weighted by atomic mass is 10.3. The number of hydrogen-bond donors (Lipinski definition) is 1. The molecule has 0 spiro atoms. The summed E-state index contributed by atoms with van der Waals surface area (Å²) < 4.78 is 7.28. The monoisotopic (exact) mass is 426 g/mol. The summed E-state index contributed by atoms with van der Waals surface area (Å²) in [6, 6.07) is 18.2. The van der Waals surface area contributed by atoms with Crippen molar-refractivity contribution in [2.45, 2.75) is 4.34 Å². The molecule has 0 bridgehead atoms. The van der Waals surface area contributed by atoms with Crippen molar-refractivity contribution in [2.75, 3.05) is 11.1 Å². The summed E-state index contributed by atoms with van der Waals surface area (Å²) in [6.45, 7) is 0. The maximum atomic E-state index is 12.1. The van der Waals surface area contributed by atoms with Crippen molar-refractivity contribution in [2.24, 2.45) is 0 Å². The number of amides is 1. The minimum Gasteiger partial charge on any atom is -0.426 e. The fourth-order valence-electron chi connectivity index (χ4n) is 2.40. The van der Waals surface area contributed by atoms with Crippen molar-refractivity contribution in [3.63, 3.8) is 0 Å². The number of fused-ring (bicyclic) bond motifs is 1. The Labute approximate surface area is 173 Å². The number of aromatic nitrogens is 1. The molecule has 8 heteroatoms. The predicted octanol–water partition coefficient (Wildman–Crippen LogP) is 5.31. The van der Waals surface area contributed by atoms with E-state index in [0.29, 0.717) is 16.3 Å². The van der Waals surface area contributed by atoms with Gasteiger partial charge >= 0.3 is 5.97 Å². The molecular weight excluding hydrogens is 412 g/mol. The number of benzene rings is 2. The van der Waals surface area contributed by atoms with Gasteiger partial charge in [0.25, 0.3) is 5.91 Å². The summed E-state index contributed by atoms with van der Waals surface area (Å²) >= 11 is 4.30. The molecule has 28 heavy (non-hydrogen) atoms. The zero-order valence-electron chi connectivity index (χ0n) is 14.5. The number of carbonyl (C=O) groups is 2. The zero-order valence-corrected chi connectivity index (χ0v) is 16.9. The lowest BCUT2D eigenvalue weighted by molar-refractivity contribution is -0.131. The van der Waals surface area contributed by atoms with Gasteiger partial charge in [-0.1, -0.05) is 30.0 Å². The lowest BCUT2D eigenvalue weighted by Crippen LogP contribution is -2.11. The second kappa shape index (κ2) is 8.55. The van der Waals surface area contributed by atoms with Gasteiger partial charge in [-0.3, -0.25) is 9.59 Å². The zero-order chi connectivity index (χ0) is 19.3. The minimum atomic E-state index is -0.348. The molecule has 0 aliphatic heterocycles. The first-order chi connectivity index (χ1) is 13.7. The molecule has 4 rings (SSSR count). The number of thioether (sulfide) groups is 1. The van der Waals surface area contributed by atoms with Crippen LogP contribution in [-0.2, 0) is 4.79 Å². The summed E-state index contributed by atoms with van der Waals surface area (Å²) in [5.41, 5.74) is 1.57. The van der Waals surface area contributed by atoms with Crippen molar-refractivity contribution in [1.82, 2.24) is 4.98 Å². The Hall–Kier alpha value is -2.68. The van der Waals surface area contributed by atoms with Crippen LogP contribution < -0.4 is 10.1 Å². The van der Waals surface area contributed by atoms with Crippen LogP contribution in [-0.4, -0.2) is 22.6 Å². The quantitative estimate of drug-likeness (QED) is 0.257. The molecule has 2 heterocycles. The smallest absolute Gasteiger partial charge is 0.321 e. The molecule has 0 saturated heterocycles. The Balaban J connectivity index is 1.30. The second-order valence-electron chi connectivity index (χ2n) is 5.67. The maximum Gasteiger partial charge on any atom is 0.321 e. The molecule has 1 amide bonds. The average Bonchev–Trinajstić information content (AvgIpc) is 3.37. The number of anilines is 1. The van der Waals surface area contributed by atoms with Gasteiger partial charge in [0.05, 0.1) is 20.8 Å². The Kier molecular flexibility index (Phi) is 5.70. The van der Waals surface area contributed by atoms with E-state index in [1.165, 1.54) is 23.1 Å². The van der Waals surface area contributed by atoms with Crippen LogP contribution in [0.4, 0.5) is 5.69 Å². The first-order valence-electron chi connectivity index (χ1n) is 8.31. The highest BCUT2D eigenvalue weighted by atomic mass is 32.2. The highest BCUT2D eigenvalue weighted by Crippen LogP contribution is 2.29. The van der Waals surface area contributed by atoms with Crippen LogP contribution in [0.15, 0.2) is 70.4 Å². The van der Waals surface area contributed by atoms with Gasteiger partial charge < -0.3 is 10.1 Å². The third-order valence-electron chi connectivity index (χ3n) is 3.68. The Morgan fingerprint density at radius 1 is 1.04 bits per heavy atom. The molecule has 0 aliphatic rings. The largest absolute Gasteiger partial charge is 0.426 e. The van der Waals surface area contributed by atoms with E-state index >= 15 is 0 Å². The number of nitrogens with zero attached hydrogens (tertiary/aromatic N) is 1. The second-order valence-corrected chi connectivity index (χ2v) is 8.87. The van der Waals surface area contributed by atoms with E-state index < -0.39 is 0 Å². The summed E-state index contributed by atoms with van der Waals surface area (Å²) in [5.74, 6) is 0.104. The van der Waals surface area contributed by atoms with Gasteiger partial charge in [-0.2, -0.15) is 0 Å². The summed E-state index contributed by atoms with van der Waals surface area (Å²) in [4.78, 5) is 29.2. The molecule has 0 atom stereocenters. The van der Waals surface area contributed by atoms with Gasteiger partial charge in [0.15, 0.2) is 4.34 Å². The van der Waals surface area contributed by atoms with Crippen LogP contribution >= 0.6 is 34.4 Å². The lowest BCUT2D eigenvalue weighted by Gasteiger charge is -2.06. The van der Waals surface area contributed by atoms with Gasteiger partial charge in [0, 0.05) is 5.69 Å². The summed E-state index contributed by atoms with van der Waals surface area (Å²) in [6.07, 6.45) is 0. The number of ether oxygens (including phenoxy) is 1. The van der Waals surface area contributed by atoms with Crippen LogP contribution in [0.3, 0.4) is 0 Å². The van der Waals surface area contributed by atoms with Crippen LogP contribution in [0.5, 0.6) is 5.75 Å². The molecule has 0 fully saturated rings. The predicted molar refractivity (Wildman–Crippen MR) is 115 cm³/mol. The number of esters is 1. The number of hydrogen-bond acceptors (Lipinski definition) is 7. The highest BCUT2D eigenvalue weighted by molar-refractivity contribution is 8.01. The van der Waals surface area contributed by atoms with Crippen LogP contribution in [0, 0.1) is 0 Å². The van der Waals surface area contributed by atoms with Crippen molar-refractivity contribution in [3.8, 4) is 5.75 Å². The van der Waals surface area contributed by atoms with Gasteiger partial charge in [0.1, 0.15) is 5.75 Å². The van der Waals surface area contributed by atoms with E-state index in [0.717, 1.165) is 14.6 Å². The molecule has 0 saturated carbocycles. The number of carbonyl (C=O) groups excluding carboxylic acids is 2. The van der Waals surface area contributed by atoms with Crippen LogP contribution in [0.25, 0.3) is 10.2 Å². The molecule has 5 nitrogen and oxygen atoms in total. The number of nitrogens with one attached hydrogen (secondary N) is 1. The number of thiazole rings is 1. The minimum absolute atomic E-state index is 0.160. The number of para-hydroxylation sites is 1. The third kappa shape index (κ3) is 4.59. The van der Waals surface area contributed by atoms with E-state index in [1.807, 2.05) is 35.7 Å². The first-order valence-corrected chi connectivity index (χ1v) is 11.0. The first kappa shape index (κ1) is 18.7. The molecule has 2 aromatic carbocycles. The SMILES string of the molecule is O=C(CSc1nc2ccccc2s1)Oc1ccc(NC(=O)c2cccs2)cc1. The van der Waals surface area contributed by atoms with Gasteiger partial charge in [-0.05, 0) is 47.8 Å². The van der Waals surface area contributed by atoms with Crippen molar-refractivity contribution in [1.29, 1.82) is 0 Å². The average molecular weight is 427 g/mol. The summed E-state index contributed by atoms with van der Waals surface area (Å²) in [7, 11) is 0. The molecular formula is C20H14N2O3S3. The van der Waals surface area contributed by atoms with Crippen molar-refractivity contribution >= 4 is 62.2 Å². The molecule has 2 aromatic heterocycles. The maximum absolute atomic E-state index is 12.1. The van der Waals surface area contributed by atoms with E-state index in [1.54, 1.807) is 41.7 Å². The molecule has 140 valence electrons. The Morgan fingerprint density at radius 2 is 1.86 bits per heavy atom. The van der Waals surface area contributed by atoms with Crippen molar-refractivity contribution < 1.29 is 14.3 Å². The molecule has 0 unspecified atom stereocenters. The molecule has 0 radical (unpaired) electrons. The van der Waals surface area contributed by atoms with Gasteiger partial charge in [0.2, 0.25) is 0 Å². The Morgan fingerprint density at radius 3 is 2.61 bits per heavy atom. The normalized spacial score (nSPS) is 10.7. The Bertz CT molecular complexity index is 1070. The molecule has 1 N–H and O–H groups in total. The number of rotatable bonds is 6. The van der Waals surface area contributed by atoms with Crippen molar-refractivity contribution in [3.05, 3.63) is 70.9 Å². The van der Waals surface area contributed by atoms with E-state index in [-0.39, 0.29) is 17.6 Å². The van der Waals surface area contributed by atoms with E-state index in [9.17, 15) is 9.59 Å². The summed E-state index contributed by atoms with van der Waals surface area (Å²) in [5, 5.41) is 4.66. The van der Waals surface area contributed by atoms with Crippen LogP contribution in [0.2, 0.25) is 0 Å². The topological polar surface area (TPSA) is 68.3 Å². The van der Waals surface area contributed by atoms with Gasteiger partial charge in [-0.25, -0.2) is 4.98 Å². The molecule has 4 aromatic rings. The fourth-order valence-corrected chi connectivity index (χ4v) is 4.86.